The molecule has 1 saturated heterocycles. The molecule has 0 bridgehead atoms. The first-order chi connectivity index (χ1) is 14.6. The van der Waals surface area contributed by atoms with Crippen molar-refractivity contribution in [2.24, 2.45) is 5.92 Å². The van der Waals surface area contributed by atoms with E-state index in [0.29, 0.717) is 0 Å². The van der Waals surface area contributed by atoms with Crippen molar-refractivity contribution in [3.05, 3.63) is 77.7 Å². The van der Waals surface area contributed by atoms with E-state index in [2.05, 4.69) is 54.6 Å². The molecule has 3 aliphatic rings. The molecule has 1 unspecified atom stereocenters. The molecule has 1 amide bonds. The standard InChI is InChI=1S/C24H27N5O/c1-17-3-8-23-26-22(16-28(23)14-17)21-13-24(30)29-15-20(27-11-9-25-10-12-27)7-6-19(29)5-4-18(21)2/h3,5-8,13-16,18,25H,4,9-12H2,1-2H3. The number of hydrogen-bond acceptors (Lipinski definition) is 4. The number of pyridine rings is 1. The minimum absolute atomic E-state index is 0.0204. The summed E-state index contributed by atoms with van der Waals surface area (Å²) in [7, 11) is 0. The van der Waals surface area contributed by atoms with Crippen LogP contribution >= 0.6 is 0 Å². The fraction of sp³-hybridized carbons (Fsp3) is 0.333. The zero-order chi connectivity index (χ0) is 20.7. The molecule has 0 aromatic carbocycles. The molecule has 1 atom stereocenters. The molecule has 6 nitrogen and oxygen atoms in total. The molecule has 0 aliphatic carbocycles. The molecule has 5 rings (SSSR count). The number of fused-ring (bicyclic) bond motifs is 2. The highest BCUT2D eigenvalue weighted by molar-refractivity contribution is 5.97. The number of aryl methyl sites for hydroxylation is 1. The molecular weight excluding hydrogens is 374 g/mol. The van der Waals surface area contributed by atoms with Crippen LogP contribution in [0.25, 0.3) is 11.2 Å². The van der Waals surface area contributed by atoms with Gasteiger partial charge in [0.1, 0.15) is 5.65 Å². The fourth-order valence-electron chi connectivity index (χ4n) is 4.31. The Hall–Kier alpha value is -3.12. The SMILES string of the molecule is Cc1ccc2nc(C3=CC(=O)N4C=C(N5CCNCC5)C=CC4=CCC3C)cn2c1. The van der Waals surface area contributed by atoms with Gasteiger partial charge in [0.15, 0.2) is 0 Å². The van der Waals surface area contributed by atoms with Gasteiger partial charge in [0, 0.05) is 56.5 Å². The summed E-state index contributed by atoms with van der Waals surface area (Å²) in [6.45, 7) is 8.08. The number of nitrogens with one attached hydrogen (secondary N) is 1. The number of rotatable bonds is 2. The molecule has 0 radical (unpaired) electrons. The van der Waals surface area contributed by atoms with Crippen LogP contribution in [0.2, 0.25) is 0 Å². The van der Waals surface area contributed by atoms with Crippen molar-refractivity contribution in [2.45, 2.75) is 20.3 Å². The molecule has 30 heavy (non-hydrogen) atoms. The predicted molar refractivity (Wildman–Crippen MR) is 118 cm³/mol. The van der Waals surface area contributed by atoms with Gasteiger partial charge in [0.25, 0.3) is 5.91 Å². The number of allylic oxidation sites excluding steroid dienone is 4. The normalized spacial score (nSPS) is 22.3. The monoisotopic (exact) mass is 401 g/mol. The van der Waals surface area contributed by atoms with Gasteiger partial charge in [-0.3, -0.25) is 9.69 Å². The number of amides is 1. The number of carbonyl (C=O) groups is 1. The van der Waals surface area contributed by atoms with Crippen molar-refractivity contribution < 1.29 is 4.79 Å². The fourth-order valence-corrected chi connectivity index (χ4v) is 4.31. The molecule has 5 heterocycles. The molecule has 0 saturated carbocycles. The minimum Gasteiger partial charge on any atom is -0.368 e. The lowest BCUT2D eigenvalue weighted by Gasteiger charge is -2.34. The summed E-state index contributed by atoms with van der Waals surface area (Å²) < 4.78 is 2.04. The third-order valence-electron chi connectivity index (χ3n) is 6.07. The highest BCUT2D eigenvalue weighted by Gasteiger charge is 2.25. The minimum atomic E-state index is -0.0204. The molecule has 3 aliphatic heterocycles. The number of aromatic nitrogens is 2. The van der Waals surface area contributed by atoms with Gasteiger partial charge in [-0.05, 0) is 48.6 Å². The van der Waals surface area contributed by atoms with Gasteiger partial charge in [-0.15, -0.1) is 0 Å². The maximum absolute atomic E-state index is 13.3. The van der Waals surface area contributed by atoms with Crippen LogP contribution in [-0.2, 0) is 4.79 Å². The van der Waals surface area contributed by atoms with E-state index in [1.807, 2.05) is 22.9 Å². The van der Waals surface area contributed by atoms with Crippen molar-refractivity contribution in [2.75, 3.05) is 26.2 Å². The van der Waals surface area contributed by atoms with E-state index in [0.717, 1.165) is 60.9 Å². The quantitative estimate of drug-likeness (QED) is 0.840. The van der Waals surface area contributed by atoms with Crippen LogP contribution in [0.3, 0.4) is 0 Å². The maximum Gasteiger partial charge on any atom is 0.255 e. The molecule has 1 fully saturated rings. The second-order valence-electron chi connectivity index (χ2n) is 8.30. The van der Waals surface area contributed by atoms with Crippen LogP contribution < -0.4 is 5.32 Å². The lowest BCUT2D eigenvalue weighted by molar-refractivity contribution is -0.122. The van der Waals surface area contributed by atoms with Crippen LogP contribution in [0.4, 0.5) is 0 Å². The smallest absolute Gasteiger partial charge is 0.255 e. The molecule has 154 valence electrons. The van der Waals surface area contributed by atoms with Gasteiger partial charge in [-0.2, -0.15) is 0 Å². The third-order valence-corrected chi connectivity index (χ3v) is 6.07. The van der Waals surface area contributed by atoms with E-state index >= 15 is 0 Å². The number of imidazole rings is 1. The Morgan fingerprint density at radius 2 is 1.90 bits per heavy atom. The van der Waals surface area contributed by atoms with Crippen molar-refractivity contribution in [1.82, 2.24) is 24.5 Å². The third kappa shape index (κ3) is 3.48. The Labute approximate surface area is 176 Å². The highest BCUT2D eigenvalue weighted by Crippen LogP contribution is 2.31. The summed E-state index contributed by atoms with van der Waals surface area (Å²) in [5.74, 6) is 0.189. The van der Waals surface area contributed by atoms with Gasteiger partial charge in [-0.1, -0.05) is 19.1 Å². The number of hydrogen-bond donors (Lipinski definition) is 1. The van der Waals surface area contributed by atoms with Crippen LogP contribution in [-0.4, -0.2) is 51.3 Å². The molecule has 1 N–H and O–H groups in total. The largest absolute Gasteiger partial charge is 0.368 e. The second kappa shape index (κ2) is 7.61. The summed E-state index contributed by atoms with van der Waals surface area (Å²) in [6.07, 6.45) is 15.1. The highest BCUT2D eigenvalue weighted by atomic mass is 16.2. The molecule has 2 aromatic rings. The summed E-state index contributed by atoms with van der Waals surface area (Å²) in [6, 6.07) is 4.08. The summed E-state index contributed by atoms with van der Waals surface area (Å²) >= 11 is 0. The molecule has 6 heteroatoms. The lowest BCUT2D eigenvalue weighted by atomic mass is 9.92. The topological polar surface area (TPSA) is 52.9 Å². The molecular formula is C24H27N5O. The summed E-state index contributed by atoms with van der Waals surface area (Å²) in [5.41, 5.74) is 5.98. The Balaban J connectivity index is 1.49. The van der Waals surface area contributed by atoms with Gasteiger partial charge in [-0.25, -0.2) is 4.98 Å². The van der Waals surface area contributed by atoms with E-state index in [1.165, 1.54) is 5.56 Å². The van der Waals surface area contributed by atoms with E-state index in [-0.39, 0.29) is 11.8 Å². The van der Waals surface area contributed by atoms with Crippen molar-refractivity contribution in [1.29, 1.82) is 0 Å². The average molecular weight is 402 g/mol. The van der Waals surface area contributed by atoms with Crippen LogP contribution in [0, 0.1) is 12.8 Å². The number of piperazine rings is 1. The van der Waals surface area contributed by atoms with Gasteiger partial charge in [0.2, 0.25) is 0 Å². The van der Waals surface area contributed by atoms with Crippen LogP contribution in [0.15, 0.2) is 66.4 Å². The predicted octanol–water partition coefficient (Wildman–Crippen LogP) is 3.09. The van der Waals surface area contributed by atoms with E-state index in [1.54, 1.807) is 11.0 Å². The Morgan fingerprint density at radius 1 is 1.10 bits per heavy atom. The van der Waals surface area contributed by atoms with Gasteiger partial charge >= 0.3 is 0 Å². The zero-order valence-corrected chi connectivity index (χ0v) is 17.5. The van der Waals surface area contributed by atoms with Crippen molar-refractivity contribution >= 4 is 17.1 Å². The zero-order valence-electron chi connectivity index (χ0n) is 17.5. The number of carbonyl (C=O) groups excluding carboxylic acids is 1. The summed E-state index contributed by atoms with van der Waals surface area (Å²) in [5, 5.41) is 3.38. The molecule has 2 aromatic heterocycles. The maximum atomic E-state index is 13.3. The van der Waals surface area contributed by atoms with Crippen molar-refractivity contribution in [3.8, 4) is 0 Å². The first-order valence-electron chi connectivity index (χ1n) is 10.6. The lowest BCUT2D eigenvalue weighted by Crippen LogP contribution is -2.43. The van der Waals surface area contributed by atoms with Crippen molar-refractivity contribution in [3.63, 3.8) is 0 Å². The number of nitrogens with zero attached hydrogens (tertiary/aromatic N) is 4. The molecule has 0 spiro atoms. The Bertz CT molecular complexity index is 1110. The van der Waals surface area contributed by atoms with Gasteiger partial charge < -0.3 is 14.6 Å². The van der Waals surface area contributed by atoms with E-state index < -0.39 is 0 Å². The second-order valence-corrected chi connectivity index (χ2v) is 8.30. The van der Waals surface area contributed by atoms with E-state index in [9.17, 15) is 4.79 Å². The Kier molecular flexibility index (Phi) is 4.79. The average Bonchev–Trinajstić information content (AvgIpc) is 3.18. The van der Waals surface area contributed by atoms with E-state index in [4.69, 9.17) is 4.98 Å². The van der Waals surface area contributed by atoms with Gasteiger partial charge in [0.05, 0.1) is 11.4 Å². The summed E-state index contributed by atoms with van der Waals surface area (Å²) in [4.78, 5) is 22.2. The Morgan fingerprint density at radius 3 is 2.73 bits per heavy atom. The van der Waals surface area contributed by atoms with Crippen LogP contribution in [0.1, 0.15) is 24.6 Å². The van der Waals surface area contributed by atoms with Crippen LogP contribution in [0.5, 0.6) is 0 Å². The first kappa shape index (κ1) is 18.9. The first-order valence-corrected chi connectivity index (χ1v) is 10.6.